The number of aromatic nitrogens is 1. The SMILES string of the molecule is CC(=O)N1CCN(Cc2csc(NC[C@@H]3CCCN3C)n2)CC1. The molecule has 1 aromatic heterocycles. The number of carbonyl (C=O) groups excluding carboxylic acids is 1. The van der Waals surface area contributed by atoms with E-state index in [1.807, 2.05) is 4.90 Å². The summed E-state index contributed by atoms with van der Waals surface area (Å²) in [6, 6.07) is 0.641. The van der Waals surface area contributed by atoms with Crippen molar-refractivity contribution >= 4 is 22.4 Å². The molecule has 7 heteroatoms. The van der Waals surface area contributed by atoms with E-state index in [-0.39, 0.29) is 5.91 Å². The van der Waals surface area contributed by atoms with Crippen LogP contribution in [0.25, 0.3) is 0 Å². The Hall–Kier alpha value is -1.18. The summed E-state index contributed by atoms with van der Waals surface area (Å²) in [5.41, 5.74) is 1.13. The number of piperazine rings is 1. The smallest absolute Gasteiger partial charge is 0.219 e. The first-order valence-electron chi connectivity index (χ1n) is 8.48. The lowest BCUT2D eigenvalue weighted by atomic mass is 10.2. The highest BCUT2D eigenvalue weighted by molar-refractivity contribution is 7.13. The van der Waals surface area contributed by atoms with E-state index >= 15 is 0 Å². The van der Waals surface area contributed by atoms with Crippen LogP contribution >= 0.6 is 11.3 Å². The summed E-state index contributed by atoms with van der Waals surface area (Å²) in [5.74, 6) is 0.182. The van der Waals surface area contributed by atoms with Crippen LogP contribution in [0.15, 0.2) is 5.38 Å². The average molecular weight is 337 g/mol. The minimum atomic E-state index is 0.182. The maximum Gasteiger partial charge on any atom is 0.219 e. The van der Waals surface area contributed by atoms with Gasteiger partial charge in [0.1, 0.15) is 0 Å². The number of rotatable bonds is 5. The maximum atomic E-state index is 11.4. The number of likely N-dealkylation sites (N-methyl/N-ethyl adjacent to an activating group) is 1. The summed E-state index contributed by atoms with van der Waals surface area (Å²) in [6.07, 6.45) is 2.58. The molecule has 0 aromatic carbocycles. The van der Waals surface area contributed by atoms with E-state index in [9.17, 15) is 4.79 Å². The molecule has 3 heterocycles. The van der Waals surface area contributed by atoms with E-state index in [0.717, 1.165) is 50.1 Å². The van der Waals surface area contributed by atoms with E-state index in [2.05, 4.69) is 27.5 Å². The number of likely N-dealkylation sites (tertiary alicyclic amines) is 1. The van der Waals surface area contributed by atoms with Gasteiger partial charge in [0.2, 0.25) is 5.91 Å². The van der Waals surface area contributed by atoms with Crippen molar-refractivity contribution < 1.29 is 4.79 Å². The van der Waals surface area contributed by atoms with Gasteiger partial charge in [-0.25, -0.2) is 4.98 Å². The predicted molar refractivity (Wildman–Crippen MR) is 93.8 cm³/mol. The van der Waals surface area contributed by atoms with Crippen molar-refractivity contribution in [3.63, 3.8) is 0 Å². The van der Waals surface area contributed by atoms with Gasteiger partial charge in [-0.05, 0) is 26.4 Å². The van der Waals surface area contributed by atoms with Crippen molar-refractivity contribution in [2.45, 2.75) is 32.4 Å². The van der Waals surface area contributed by atoms with Crippen LogP contribution in [0, 0.1) is 0 Å². The Labute approximate surface area is 142 Å². The van der Waals surface area contributed by atoms with Gasteiger partial charge in [0.05, 0.1) is 5.69 Å². The number of anilines is 1. The number of hydrogen-bond acceptors (Lipinski definition) is 6. The van der Waals surface area contributed by atoms with Crippen LogP contribution in [0.3, 0.4) is 0 Å². The second kappa shape index (κ2) is 7.59. The molecule has 1 atom stereocenters. The summed E-state index contributed by atoms with van der Waals surface area (Å²) >= 11 is 1.70. The molecule has 2 saturated heterocycles. The van der Waals surface area contributed by atoms with Gasteiger partial charge in [-0.3, -0.25) is 9.69 Å². The van der Waals surface area contributed by atoms with Crippen molar-refractivity contribution in [3.8, 4) is 0 Å². The summed E-state index contributed by atoms with van der Waals surface area (Å²) in [7, 11) is 2.20. The lowest BCUT2D eigenvalue weighted by molar-refractivity contribution is -0.130. The largest absolute Gasteiger partial charge is 0.360 e. The minimum absolute atomic E-state index is 0.182. The highest BCUT2D eigenvalue weighted by Gasteiger charge is 2.21. The van der Waals surface area contributed by atoms with E-state index in [0.29, 0.717) is 6.04 Å². The zero-order valence-electron chi connectivity index (χ0n) is 14.1. The molecule has 0 radical (unpaired) electrons. The van der Waals surface area contributed by atoms with Crippen LogP contribution in [0.1, 0.15) is 25.5 Å². The molecule has 23 heavy (non-hydrogen) atoms. The van der Waals surface area contributed by atoms with Crippen molar-refractivity contribution in [1.29, 1.82) is 0 Å². The van der Waals surface area contributed by atoms with Gasteiger partial charge in [-0.2, -0.15) is 0 Å². The summed E-state index contributed by atoms with van der Waals surface area (Å²) in [4.78, 5) is 22.8. The lowest BCUT2D eigenvalue weighted by Gasteiger charge is -2.33. The molecule has 3 rings (SSSR count). The second-order valence-corrected chi connectivity index (χ2v) is 7.44. The molecule has 0 spiro atoms. The molecule has 2 aliphatic heterocycles. The maximum absolute atomic E-state index is 11.4. The highest BCUT2D eigenvalue weighted by Crippen LogP contribution is 2.20. The minimum Gasteiger partial charge on any atom is -0.360 e. The molecular weight excluding hydrogens is 310 g/mol. The zero-order valence-corrected chi connectivity index (χ0v) is 14.9. The number of nitrogens with zero attached hydrogens (tertiary/aromatic N) is 4. The van der Waals surface area contributed by atoms with Crippen LogP contribution in [0.2, 0.25) is 0 Å². The van der Waals surface area contributed by atoms with Crippen LogP contribution in [-0.2, 0) is 11.3 Å². The molecule has 0 unspecified atom stereocenters. The van der Waals surface area contributed by atoms with E-state index in [4.69, 9.17) is 4.98 Å². The first kappa shape index (κ1) is 16.7. The molecule has 1 N–H and O–H groups in total. The molecular formula is C16H27N5OS. The van der Waals surface area contributed by atoms with Crippen molar-refractivity contribution in [2.24, 2.45) is 0 Å². The fraction of sp³-hybridized carbons (Fsp3) is 0.750. The number of nitrogens with one attached hydrogen (secondary N) is 1. The Morgan fingerprint density at radius 2 is 2.13 bits per heavy atom. The van der Waals surface area contributed by atoms with Crippen molar-refractivity contribution in [2.75, 3.05) is 51.6 Å². The van der Waals surface area contributed by atoms with E-state index < -0.39 is 0 Å². The molecule has 0 bridgehead atoms. The number of amides is 1. The van der Waals surface area contributed by atoms with E-state index in [1.165, 1.54) is 19.4 Å². The number of carbonyl (C=O) groups is 1. The van der Waals surface area contributed by atoms with Gasteiger partial charge in [-0.15, -0.1) is 11.3 Å². The van der Waals surface area contributed by atoms with Crippen molar-refractivity contribution in [1.82, 2.24) is 19.7 Å². The fourth-order valence-electron chi connectivity index (χ4n) is 3.35. The van der Waals surface area contributed by atoms with Gasteiger partial charge in [0.25, 0.3) is 0 Å². The van der Waals surface area contributed by atoms with Gasteiger partial charge < -0.3 is 15.1 Å². The topological polar surface area (TPSA) is 51.7 Å². The molecule has 2 fully saturated rings. The zero-order chi connectivity index (χ0) is 16.2. The summed E-state index contributed by atoms with van der Waals surface area (Å²) < 4.78 is 0. The molecule has 1 aromatic rings. The molecule has 1 amide bonds. The number of hydrogen-bond donors (Lipinski definition) is 1. The molecule has 0 aliphatic carbocycles. The molecule has 0 saturated carbocycles. The molecule has 128 valence electrons. The van der Waals surface area contributed by atoms with Gasteiger partial charge in [0.15, 0.2) is 5.13 Å². The predicted octanol–water partition coefficient (Wildman–Crippen LogP) is 1.31. The molecule has 2 aliphatic rings. The summed E-state index contributed by atoms with van der Waals surface area (Å²) in [6.45, 7) is 8.27. The van der Waals surface area contributed by atoms with Crippen LogP contribution in [0.4, 0.5) is 5.13 Å². The summed E-state index contributed by atoms with van der Waals surface area (Å²) in [5, 5.41) is 6.67. The third kappa shape index (κ3) is 4.43. The van der Waals surface area contributed by atoms with Crippen molar-refractivity contribution in [3.05, 3.63) is 11.1 Å². The lowest BCUT2D eigenvalue weighted by Crippen LogP contribution is -2.47. The van der Waals surface area contributed by atoms with Gasteiger partial charge in [0, 0.05) is 57.6 Å². The van der Waals surface area contributed by atoms with Gasteiger partial charge in [-0.1, -0.05) is 0 Å². The number of thiazole rings is 1. The second-order valence-electron chi connectivity index (χ2n) is 6.58. The normalized spacial score (nSPS) is 23.4. The van der Waals surface area contributed by atoms with Crippen LogP contribution in [0.5, 0.6) is 0 Å². The Morgan fingerprint density at radius 1 is 1.35 bits per heavy atom. The average Bonchev–Trinajstić information content (AvgIpc) is 3.15. The first-order chi connectivity index (χ1) is 11.1. The Morgan fingerprint density at radius 3 is 2.78 bits per heavy atom. The quantitative estimate of drug-likeness (QED) is 0.878. The van der Waals surface area contributed by atoms with Crippen LogP contribution in [-0.4, -0.2) is 77.9 Å². The van der Waals surface area contributed by atoms with E-state index in [1.54, 1.807) is 18.3 Å². The third-order valence-corrected chi connectivity index (χ3v) is 5.76. The molecule has 6 nitrogen and oxygen atoms in total. The Kier molecular flexibility index (Phi) is 5.50. The van der Waals surface area contributed by atoms with Crippen LogP contribution < -0.4 is 5.32 Å². The highest BCUT2D eigenvalue weighted by atomic mass is 32.1. The monoisotopic (exact) mass is 337 g/mol. The third-order valence-electron chi connectivity index (χ3n) is 4.92. The standard InChI is InChI=1S/C16H27N5OS/c1-13(22)21-8-6-20(7-9-21)11-14-12-23-16(18-14)17-10-15-4-3-5-19(15)2/h12,15H,3-11H2,1-2H3,(H,17,18)/t15-/m0/s1. The Bertz CT molecular complexity index is 526. The first-order valence-corrected chi connectivity index (χ1v) is 9.36. The fourth-order valence-corrected chi connectivity index (χ4v) is 4.06. The van der Waals surface area contributed by atoms with Gasteiger partial charge >= 0.3 is 0 Å². The Balaban J connectivity index is 1.43.